The van der Waals surface area contributed by atoms with Gasteiger partial charge in [0.15, 0.2) is 23.1 Å². The highest BCUT2D eigenvalue weighted by Crippen LogP contribution is 2.41. The van der Waals surface area contributed by atoms with Gasteiger partial charge in [0.25, 0.3) is 0 Å². The quantitative estimate of drug-likeness (QED) is 0.463. The fourth-order valence-corrected chi connectivity index (χ4v) is 3.33. The molecule has 3 rings (SSSR count). The highest BCUT2D eigenvalue weighted by atomic mass is 19.2. The van der Waals surface area contributed by atoms with Crippen LogP contribution in [0.2, 0.25) is 0 Å². The second-order valence-corrected chi connectivity index (χ2v) is 7.34. The molecule has 0 saturated carbocycles. The molecule has 0 spiro atoms. The number of benzene rings is 1. The Hall–Kier alpha value is -2.73. The Morgan fingerprint density at radius 2 is 1.97 bits per heavy atom. The second-order valence-electron chi connectivity index (χ2n) is 7.34. The lowest BCUT2D eigenvalue weighted by molar-refractivity contribution is -0.00333. The zero-order valence-corrected chi connectivity index (χ0v) is 17.9. The minimum Gasteiger partial charge on any atom is -0.490 e. The van der Waals surface area contributed by atoms with Gasteiger partial charge in [-0.3, -0.25) is 0 Å². The molecule has 6 heteroatoms. The van der Waals surface area contributed by atoms with E-state index < -0.39 is 17.5 Å². The molecule has 2 atom stereocenters. The summed E-state index contributed by atoms with van der Waals surface area (Å²) in [4.78, 5) is 0. The third-order valence-corrected chi connectivity index (χ3v) is 5.21. The number of hydrogen-bond donors (Lipinski definition) is 0. The maximum Gasteiger partial charge on any atom is 0.205 e. The first-order chi connectivity index (χ1) is 14.8. The van der Waals surface area contributed by atoms with E-state index >= 15 is 0 Å². The van der Waals surface area contributed by atoms with Crippen molar-refractivity contribution in [3.05, 3.63) is 85.0 Å². The molecule has 2 aliphatic heterocycles. The van der Waals surface area contributed by atoms with Crippen LogP contribution in [0.25, 0.3) is 0 Å². The molecular weight excluding hydrogens is 405 g/mol. The van der Waals surface area contributed by atoms with E-state index in [4.69, 9.17) is 14.2 Å². The predicted octanol–water partition coefficient (Wildman–Crippen LogP) is 6.77. The summed E-state index contributed by atoms with van der Waals surface area (Å²) in [5.41, 5.74) is 0.894. The van der Waals surface area contributed by atoms with Crippen LogP contribution in [0.4, 0.5) is 13.2 Å². The van der Waals surface area contributed by atoms with Gasteiger partial charge in [-0.1, -0.05) is 26.2 Å². The molecule has 1 aromatic carbocycles. The maximum atomic E-state index is 14.6. The maximum absolute atomic E-state index is 14.6. The summed E-state index contributed by atoms with van der Waals surface area (Å²) in [6.45, 7) is 19.5. The first kappa shape index (κ1) is 24.5. The molecule has 2 unspecified atom stereocenters. The molecule has 2 aliphatic rings. The molecule has 0 bridgehead atoms. The van der Waals surface area contributed by atoms with Gasteiger partial charge in [0.1, 0.15) is 0 Å². The third-order valence-electron chi connectivity index (χ3n) is 5.21. The Morgan fingerprint density at radius 3 is 2.55 bits per heavy atom. The Bertz CT molecular complexity index is 880. The molecule has 0 amide bonds. The van der Waals surface area contributed by atoms with Crippen LogP contribution in [0.15, 0.2) is 67.8 Å². The first-order valence-electron chi connectivity index (χ1n) is 10.2. The van der Waals surface area contributed by atoms with Crippen molar-refractivity contribution in [2.24, 2.45) is 5.92 Å². The molecule has 0 N–H and O–H groups in total. The molecule has 1 saturated heterocycles. The number of halogens is 3. The lowest BCUT2D eigenvalue weighted by Gasteiger charge is -2.28. The molecule has 168 valence electrons. The van der Waals surface area contributed by atoms with Crippen molar-refractivity contribution >= 4 is 0 Å². The second kappa shape index (κ2) is 11.0. The number of allylic oxidation sites excluding steroid dienone is 3. The van der Waals surface area contributed by atoms with Crippen LogP contribution in [0.3, 0.4) is 0 Å². The lowest BCUT2D eigenvalue weighted by Crippen LogP contribution is -2.28. The molecule has 0 aromatic heterocycles. The van der Waals surface area contributed by atoms with Gasteiger partial charge in [-0.05, 0) is 36.5 Å². The van der Waals surface area contributed by atoms with E-state index in [2.05, 4.69) is 32.9 Å². The van der Waals surface area contributed by atoms with Crippen LogP contribution >= 0.6 is 0 Å². The van der Waals surface area contributed by atoms with Gasteiger partial charge in [-0.25, -0.2) is 4.39 Å². The van der Waals surface area contributed by atoms with Gasteiger partial charge in [-0.15, -0.1) is 19.7 Å². The average molecular weight is 434 g/mol. The van der Waals surface area contributed by atoms with Crippen molar-refractivity contribution in [1.82, 2.24) is 0 Å². The van der Waals surface area contributed by atoms with Gasteiger partial charge < -0.3 is 14.2 Å². The summed E-state index contributed by atoms with van der Waals surface area (Å²) in [5, 5.41) is 0. The zero-order chi connectivity index (χ0) is 23.1. The smallest absolute Gasteiger partial charge is 0.205 e. The largest absolute Gasteiger partial charge is 0.490 e. The van der Waals surface area contributed by atoms with E-state index in [1.54, 1.807) is 13.0 Å². The summed E-state index contributed by atoms with van der Waals surface area (Å²) in [5.74, 6) is -3.72. The monoisotopic (exact) mass is 434 g/mol. The fraction of sp³-hybridized carbons (Fsp3) is 0.360. The summed E-state index contributed by atoms with van der Waals surface area (Å²) in [6.07, 6.45) is 3.93. The Balaban J connectivity index is 0.00000166. The van der Waals surface area contributed by atoms with Crippen LogP contribution in [-0.4, -0.2) is 19.3 Å². The molecule has 2 heterocycles. The minimum atomic E-state index is -1.20. The summed E-state index contributed by atoms with van der Waals surface area (Å²) in [7, 11) is 0. The molecule has 31 heavy (non-hydrogen) atoms. The van der Waals surface area contributed by atoms with Crippen LogP contribution in [0.1, 0.15) is 31.7 Å². The molecule has 0 radical (unpaired) electrons. The van der Waals surface area contributed by atoms with E-state index in [0.29, 0.717) is 24.2 Å². The SMILES string of the molecule is C=C.C=CC1CCC(COc2cc3c(c(F)c2F)O/C(=C(\F)C(=C)CC)C(=C)C3)CO1. The van der Waals surface area contributed by atoms with Crippen molar-refractivity contribution in [3.8, 4) is 11.5 Å². The van der Waals surface area contributed by atoms with E-state index in [1.165, 1.54) is 6.07 Å². The Kier molecular flexibility index (Phi) is 8.75. The van der Waals surface area contributed by atoms with Crippen LogP contribution in [0, 0.1) is 17.6 Å². The highest BCUT2D eigenvalue weighted by Gasteiger charge is 2.30. The number of rotatable bonds is 6. The van der Waals surface area contributed by atoms with Gasteiger partial charge in [0, 0.05) is 17.9 Å². The lowest BCUT2D eigenvalue weighted by atomic mass is 9.98. The van der Waals surface area contributed by atoms with E-state index in [1.807, 2.05) is 0 Å². The van der Waals surface area contributed by atoms with Crippen LogP contribution < -0.4 is 9.47 Å². The van der Waals surface area contributed by atoms with Crippen molar-refractivity contribution in [2.75, 3.05) is 13.2 Å². The number of hydrogen-bond acceptors (Lipinski definition) is 3. The molecule has 3 nitrogen and oxygen atoms in total. The summed E-state index contributed by atoms with van der Waals surface area (Å²) in [6, 6.07) is 1.39. The van der Waals surface area contributed by atoms with Crippen LogP contribution in [0.5, 0.6) is 11.5 Å². The third kappa shape index (κ3) is 5.50. The Morgan fingerprint density at radius 1 is 1.26 bits per heavy atom. The average Bonchev–Trinajstić information content (AvgIpc) is 2.80. The Labute approximate surface area is 182 Å². The summed E-state index contributed by atoms with van der Waals surface area (Å²) < 4.78 is 60.1. The minimum absolute atomic E-state index is 0.0266. The fourth-order valence-electron chi connectivity index (χ4n) is 3.33. The van der Waals surface area contributed by atoms with Gasteiger partial charge >= 0.3 is 0 Å². The summed E-state index contributed by atoms with van der Waals surface area (Å²) >= 11 is 0. The van der Waals surface area contributed by atoms with Crippen molar-refractivity contribution in [3.63, 3.8) is 0 Å². The number of fused-ring (bicyclic) bond motifs is 1. The molecule has 1 aromatic rings. The first-order valence-corrected chi connectivity index (χ1v) is 10.2. The standard InChI is InChI=1S/C23H25F3O3.C2H4/c1-5-13(3)19(24)22-14(4)9-16-10-18(20(25)21(26)23(16)29-22)28-12-15-7-8-17(6-2)27-11-15;1-2/h6,10,15,17H,2-5,7-9,11-12H2,1H3;1-2H2/b22-19-;. The highest BCUT2D eigenvalue weighted by molar-refractivity contribution is 5.52. The van der Waals surface area contributed by atoms with Crippen molar-refractivity contribution < 1.29 is 27.4 Å². The zero-order valence-electron chi connectivity index (χ0n) is 17.9. The van der Waals surface area contributed by atoms with Crippen molar-refractivity contribution in [2.45, 2.75) is 38.7 Å². The van der Waals surface area contributed by atoms with E-state index in [0.717, 1.165) is 12.8 Å². The predicted molar refractivity (Wildman–Crippen MR) is 117 cm³/mol. The number of ether oxygens (including phenoxy) is 3. The van der Waals surface area contributed by atoms with Crippen molar-refractivity contribution in [1.29, 1.82) is 0 Å². The van der Waals surface area contributed by atoms with Gasteiger partial charge in [0.05, 0.1) is 19.3 Å². The van der Waals surface area contributed by atoms with Gasteiger partial charge in [-0.2, -0.15) is 8.78 Å². The van der Waals surface area contributed by atoms with Crippen LogP contribution in [-0.2, 0) is 11.2 Å². The van der Waals surface area contributed by atoms with E-state index in [-0.39, 0.29) is 47.9 Å². The molecule has 0 aliphatic carbocycles. The molecular formula is C25H29F3O3. The topological polar surface area (TPSA) is 27.7 Å². The van der Waals surface area contributed by atoms with Gasteiger partial charge in [0.2, 0.25) is 11.6 Å². The van der Waals surface area contributed by atoms with E-state index in [9.17, 15) is 13.2 Å². The normalized spacial score (nSPS) is 21.7. The molecule has 1 fully saturated rings.